The smallest absolute Gasteiger partial charge is 0.152 e. The van der Waals surface area contributed by atoms with Gasteiger partial charge in [-0.15, -0.1) is 0 Å². The van der Waals surface area contributed by atoms with E-state index >= 15 is 0 Å². The molecule has 0 amide bonds. The second-order valence-corrected chi connectivity index (χ2v) is 2.65. The van der Waals surface area contributed by atoms with Crippen LogP contribution in [0.3, 0.4) is 0 Å². The first-order valence-corrected chi connectivity index (χ1v) is 3.92. The first kappa shape index (κ1) is 7.73. The largest absolute Gasteiger partial charge is 0.505 e. The van der Waals surface area contributed by atoms with E-state index in [2.05, 4.69) is 9.98 Å². The maximum atomic E-state index is 9.14. The van der Waals surface area contributed by atoms with Gasteiger partial charge in [-0.25, -0.2) is 0 Å². The van der Waals surface area contributed by atoms with Crippen LogP contribution in [0.5, 0.6) is 0 Å². The molecular formula is C10H8N2O. The number of nitrogens with zero attached hydrogens (tertiary/aromatic N) is 2. The van der Waals surface area contributed by atoms with E-state index in [1.807, 2.05) is 24.3 Å². The third kappa shape index (κ3) is 1.64. The van der Waals surface area contributed by atoms with Gasteiger partial charge in [0.05, 0.1) is 18.1 Å². The number of hydrogen-bond donors (Lipinski definition) is 1. The highest BCUT2D eigenvalue weighted by atomic mass is 16.3. The summed E-state index contributed by atoms with van der Waals surface area (Å²) in [5.74, 6) is 0.0609. The van der Waals surface area contributed by atoms with Gasteiger partial charge < -0.3 is 5.11 Å². The van der Waals surface area contributed by atoms with Gasteiger partial charge in [-0.1, -0.05) is 18.2 Å². The number of aliphatic imine (C=N–C) groups is 2. The summed E-state index contributed by atoms with van der Waals surface area (Å²) in [6, 6.07) is 7.61. The van der Waals surface area contributed by atoms with E-state index in [0.29, 0.717) is 0 Å². The predicted molar refractivity (Wildman–Crippen MR) is 52.9 cm³/mol. The van der Waals surface area contributed by atoms with Gasteiger partial charge in [0.15, 0.2) is 5.76 Å². The number of fused-ring (bicyclic) bond motifs is 1. The molecular weight excluding hydrogens is 164 g/mol. The molecule has 0 fully saturated rings. The van der Waals surface area contributed by atoms with Crippen LogP contribution in [0, 0.1) is 0 Å². The maximum Gasteiger partial charge on any atom is 0.152 e. The quantitative estimate of drug-likeness (QED) is 0.640. The molecule has 0 spiro atoms. The Morgan fingerprint density at radius 1 is 1.08 bits per heavy atom. The number of hydrogen-bond acceptors (Lipinski definition) is 3. The number of benzene rings is 1. The summed E-state index contributed by atoms with van der Waals surface area (Å²) in [5.41, 5.74) is 1.76. The van der Waals surface area contributed by atoms with Gasteiger partial charge in [0.2, 0.25) is 0 Å². The normalized spacial score (nSPS) is 23.2. The summed E-state index contributed by atoms with van der Waals surface area (Å²) in [5, 5.41) is 9.14. The van der Waals surface area contributed by atoms with Crippen molar-refractivity contribution in [2.45, 2.75) is 0 Å². The lowest BCUT2D eigenvalue weighted by atomic mass is 10.2. The second kappa shape index (κ2) is 3.23. The van der Waals surface area contributed by atoms with E-state index in [1.54, 1.807) is 6.21 Å². The molecule has 0 aromatic heterocycles. The molecule has 0 atom stereocenters. The van der Waals surface area contributed by atoms with Crippen LogP contribution in [0.2, 0.25) is 0 Å². The van der Waals surface area contributed by atoms with Crippen molar-refractivity contribution in [2.75, 3.05) is 0 Å². The van der Waals surface area contributed by atoms with Crippen molar-refractivity contribution < 1.29 is 5.11 Å². The molecule has 0 radical (unpaired) electrons. The van der Waals surface area contributed by atoms with Gasteiger partial charge in [0, 0.05) is 11.8 Å². The predicted octanol–water partition coefficient (Wildman–Crippen LogP) is 2.22. The number of para-hydroxylation sites is 1. The molecule has 13 heavy (non-hydrogen) atoms. The molecule has 1 heterocycles. The molecule has 0 aliphatic carbocycles. The molecule has 0 bridgehead atoms. The van der Waals surface area contributed by atoms with Crippen LogP contribution in [0.1, 0.15) is 5.56 Å². The van der Waals surface area contributed by atoms with Crippen LogP contribution in [0.4, 0.5) is 5.69 Å². The molecule has 0 unspecified atom stereocenters. The lowest BCUT2D eigenvalue weighted by molar-refractivity contribution is 0.445. The number of allylic oxidation sites excluding steroid dienone is 1. The van der Waals surface area contributed by atoms with Crippen molar-refractivity contribution in [1.29, 1.82) is 0 Å². The third-order valence-electron chi connectivity index (χ3n) is 1.69. The second-order valence-electron chi connectivity index (χ2n) is 2.65. The van der Waals surface area contributed by atoms with Gasteiger partial charge in [-0.05, 0) is 6.07 Å². The van der Waals surface area contributed by atoms with Crippen LogP contribution >= 0.6 is 0 Å². The first-order chi connectivity index (χ1) is 6.36. The highest BCUT2D eigenvalue weighted by Gasteiger charge is 1.98. The number of rotatable bonds is 0. The Hall–Kier alpha value is -1.90. The van der Waals surface area contributed by atoms with Gasteiger partial charge in [-0.2, -0.15) is 0 Å². The van der Waals surface area contributed by atoms with E-state index in [0.717, 1.165) is 11.3 Å². The van der Waals surface area contributed by atoms with Gasteiger partial charge in [0.1, 0.15) is 0 Å². The Morgan fingerprint density at radius 3 is 2.85 bits per heavy atom. The van der Waals surface area contributed by atoms with Crippen molar-refractivity contribution in [3.8, 4) is 0 Å². The van der Waals surface area contributed by atoms with E-state index in [1.165, 1.54) is 12.4 Å². The lowest BCUT2D eigenvalue weighted by Crippen LogP contribution is -1.88. The van der Waals surface area contributed by atoms with Crippen molar-refractivity contribution in [3.63, 3.8) is 0 Å². The molecule has 1 aromatic rings. The monoisotopic (exact) mass is 172 g/mol. The minimum absolute atomic E-state index is 0.0609. The van der Waals surface area contributed by atoms with Crippen molar-refractivity contribution >= 4 is 18.1 Å². The molecule has 3 heteroatoms. The van der Waals surface area contributed by atoms with Crippen molar-refractivity contribution in [1.82, 2.24) is 0 Å². The minimum atomic E-state index is 0.0609. The zero-order chi connectivity index (χ0) is 9.10. The molecule has 0 saturated carbocycles. The van der Waals surface area contributed by atoms with Crippen LogP contribution < -0.4 is 0 Å². The average molecular weight is 172 g/mol. The summed E-state index contributed by atoms with van der Waals surface area (Å²) in [6.07, 6.45) is 4.41. The summed E-state index contributed by atoms with van der Waals surface area (Å²) in [7, 11) is 0. The fraction of sp³-hybridized carbons (Fsp3) is 0. The molecule has 2 rings (SSSR count). The van der Waals surface area contributed by atoms with E-state index in [9.17, 15) is 0 Å². The molecule has 1 aromatic carbocycles. The Balaban J connectivity index is 2.52. The topological polar surface area (TPSA) is 45.0 Å². The zero-order valence-electron chi connectivity index (χ0n) is 6.88. The van der Waals surface area contributed by atoms with Crippen LogP contribution in [-0.4, -0.2) is 17.5 Å². The molecule has 1 aliphatic rings. The van der Waals surface area contributed by atoms with E-state index < -0.39 is 0 Å². The zero-order valence-corrected chi connectivity index (χ0v) is 6.88. The van der Waals surface area contributed by atoms with Crippen LogP contribution in [0.15, 0.2) is 46.2 Å². The Morgan fingerprint density at radius 2 is 1.92 bits per heavy atom. The fourth-order valence-corrected chi connectivity index (χ4v) is 1.08. The molecule has 1 aliphatic heterocycles. The van der Waals surface area contributed by atoms with Crippen LogP contribution in [0.25, 0.3) is 0 Å². The minimum Gasteiger partial charge on any atom is -0.505 e. The molecule has 1 N–H and O–H groups in total. The Bertz CT molecular complexity index is 405. The Labute approximate surface area is 75.8 Å². The molecule has 0 saturated heterocycles. The van der Waals surface area contributed by atoms with E-state index in [-0.39, 0.29) is 5.76 Å². The molecule has 64 valence electrons. The lowest BCUT2D eigenvalue weighted by Gasteiger charge is -2.00. The fourth-order valence-electron chi connectivity index (χ4n) is 1.08. The van der Waals surface area contributed by atoms with Gasteiger partial charge in [0.25, 0.3) is 0 Å². The van der Waals surface area contributed by atoms with Gasteiger partial charge in [-0.3, -0.25) is 9.98 Å². The maximum absolute atomic E-state index is 9.14. The summed E-state index contributed by atoms with van der Waals surface area (Å²) in [4.78, 5) is 8.02. The molecule has 3 nitrogen and oxygen atoms in total. The average Bonchev–Trinajstić information content (AvgIpc) is 2.13. The Kier molecular flexibility index (Phi) is 1.92. The van der Waals surface area contributed by atoms with Crippen molar-refractivity contribution in [2.24, 2.45) is 9.98 Å². The summed E-state index contributed by atoms with van der Waals surface area (Å²) >= 11 is 0. The highest BCUT2D eigenvalue weighted by Crippen LogP contribution is 2.17. The van der Waals surface area contributed by atoms with Crippen molar-refractivity contribution in [3.05, 3.63) is 41.8 Å². The summed E-state index contributed by atoms with van der Waals surface area (Å²) in [6.45, 7) is 0. The standard InChI is InChI=1S/C10H8N2O/c13-9-6-11-5-8-3-1-2-4-10(8)12-7-9/h1-7,13H/b8-5?,9-6+,9-7?,11-5-,11-6?,12-7-,12-10?. The first-order valence-electron chi connectivity index (χ1n) is 3.92. The SMILES string of the molecule is OC1=C/N=C\c2ccccc2/N=C\1. The van der Waals surface area contributed by atoms with Gasteiger partial charge >= 0.3 is 0 Å². The summed E-state index contributed by atoms with van der Waals surface area (Å²) < 4.78 is 0. The highest BCUT2D eigenvalue weighted by molar-refractivity contribution is 5.91. The third-order valence-corrected chi connectivity index (χ3v) is 1.69. The number of aliphatic hydroxyl groups is 1. The number of aliphatic hydroxyl groups excluding tert-OH is 1. The van der Waals surface area contributed by atoms with E-state index in [4.69, 9.17) is 5.11 Å². The van der Waals surface area contributed by atoms with Crippen LogP contribution in [-0.2, 0) is 0 Å².